The molecule has 1 heterocycles. The Hall–Kier alpha value is -0.880. The highest BCUT2D eigenvalue weighted by molar-refractivity contribution is 7.99. The van der Waals surface area contributed by atoms with Crippen LogP contribution >= 0.6 is 24.0 Å². The lowest BCUT2D eigenvalue weighted by Crippen LogP contribution is -2.35. The van der Waals surface area contributed by atoms with E-state index >= 15 is 0 Å². The third-order valence-electron chi connectivity index (χ3n) is 3.23. The molecule has 1 aromatic rings. The minimum atomic E-state index is 0.311. The van der Waals surface area contributed by atoms with Crippen molar-refractivity contribution in [2.45, 2.75) is 37.0 Å². The first kappa shape index (κ1) is 13.5. The molecule has 3 N–H and O–H groups in total. The molecule has 6 heteroatoms. The van der Waals surface area contributed by atoms with E-state index in [9.17, 15) is 0 Å². The summed E-state index contributed by atoms with van der Waals surface area (Å²) >= 11 is 6.84. The van der Waals surface area contributed by atoms with Crippen LogP contribution in [0.2, 0.25) is 0 Å². The summed E-state index contributed by atoms with van der Waals surface area (Å²) in [5.74, 6) is 0.631. The number of nitrogens with one attached hydrogen (secondary N) is 1. The van der Waals surface area contributed by atoms with Gasteiger partial charge in [0.25, 0.3) is 0 Å². The van der Waals surface area contributed by atoms with E-state index < -0.39 is 0 Å². The molecule has 1 aliphatic rings. The van der Waals surface area contributed by atoms with Gasteiger partial charge < -0.3 is 11.1 Å². The summed E-state index contributed by atoms with van der Waals surface area (Å²) < 4.78 is 0. The largest absolute Gasteiger partial charge is 0.388 e. The minimum absolute atomic E-state index is 0.311. The van der Waals surface area contributed by atoms with Gasteiger partial charge >= 0.3 is 0 Å². The molecule has 1 aliphatic carbocycles. The molecule has 0 radical (unpaired) electrons. The predicted molar refractivity (Wildman–Crippen MR) is 81.1 cm³/mol. The summed E-state index contributed by atoms with van der Waals surface area (Å²) in [5, 5.41) is 4.05. The summed E-state index contributed by atoms with van der Waals surface area (Å²) in [5.41, 5.74) is 6.20. The molecule has 1 saturated carbocycles. The van der Waals surface area contributed by atoms with Gasteiger partial charge in [-0.05, 0) is 25.2 Å². The van der Waals surface area contributed by atoms with Crippen LogP contribution in [0.3, 0.4) is 0 Å². The lowest BCUT2D eigenvalue weighted by atomic mass is 9.95. The van der Waals surface area contributed by atoms with Gasteiger partial charge in [0, 0.05) is 17.5 Å². The number of nitrogens with zero attached hydrogens (tertiary/aromatic N) is 2. The van der Waals surface area contributed by atoms with Crippen LogP contribution in [0.1, 0.15) is 31.4 Å². The van der Waals surface area contributed by atoms with Crippen molar-refractivity contribution >= 4 is 34.9 Å². The fourth-order valence-electron chi connectivity index (χ4n) is 2.28. The van der Waals surface area contributed by atoms with Crippen molar-refractivity contribution in [3.63, 3.8) is 0 Å². The third kappa shape index (κ3) is 3.32. The first-order valence-electron chi connectivity index (χ1n) is 6.13. The maximum Gasteiger partial charge on any atom is 0.223 e. The molecule has 0 saturated heterocycles. The summed E-state index contributed by atoms with van der Waals surface area (Å²) in [7, 11) is 0. The van der Waals surface area contributed by atoms with Crippen LogP contribution in [0, 0.1) is 0 Å². The number of aromatic nitrogens is 2. The monoisotopic (exact) mass is 282 g/mol. The molecule has 0 spiro atoms. The number of thioether (sulfide) groups is 1. The SMILES string of the molecule is CSC1CCCCC1Nc1nccc(C(N)=S)n1. The minimum Gasteiger partial charge on any atom is -0.388 e. The average molecular weight is 282 g/mol. The second-order valence-corrected chi connectivity index (χ2v) is 5.96. The Kier molecular flexibility index (Phi) is 4.77. The predicted octanol–water partition coefficient (Wildman–Crippen LogP) is 2.20. The molecule has 1 aromatic heterocycles. The molecule has 18 heavy (non-hydrogen) atoms. The van der Waals surface area contributed by atoms with Crippen LogP contribution in [0.5, 0.6) is 0 Å². The topological polar surface area (TPSA) is 63.8 Å². The zero-order valence-electron chi connectivity index (χ0n) is 10.4. The molecular formula is C12H18N4S2. The molecule has 0 bridgehead atoms. The molecule has 2 rings (SSSR count). The van der Waals surface area contributed by atoms with Crippen molar-refractivity contribution in [3.05, 3.63) is 18.0 Å². The Morgan fingerprint density at radius 1 is 1.50 bits per heavy atom. The van der Waals surface area contributed by atoms with Crippen molar-refractivity contribution in [1.82, 2.24) is 9.97 Å². The number of nitrogens with two attached hydrogens (primary N) is 1. The molecule has 98 valence electrons. The van der Waals surface area contributed by atoms with E-state index in [2.05, 4.69) is 21.5 Å². The molecule has 0 aliphatic heterocycles. The number of thiocarbonyl (C=S) groups is 1. The third-order valence-corrected chi connectivity index (χ3v) is 4.61. The van der Waals surface area contributed by atoms with Gasteiger partial charge in [0.2, 0.25) is 5.95 Å². The van der Waals surface area contributed by atoms with Crippen molar-refractivity contribution < 1.29 is 0 Å². The first-order valence-corrected chi connectivity index (χ1v) is 7.82. The zero-order chi connectivity index (χ0) is 13.0. The van der Waals surface area contributed by atoms with Gasteiger partial charge in [-0.15, -0.1) is 0 Å². The number of rotatable bonds is 4. The van der Waals surface area contributed by atoms with E-state index in [0.29, 0.717) is 27.9 Å². The molecule has 1 fully saturated rings. The van der Waals surface area contributed by atoms with E-state index in [4.69, 9.17) is 18.0 Å². The zero-order valence-corrected chi connectivity index (χ0v) is 12.1. The van der Waals surface area contributed by atoms with Crippen molar-refractivity contribution in [3.8, 4) is 0 Å². The fraction of sp³-hybridized carbons (Fsp3) is 0.583. The standard InChI is InChI=1S/C12H18N4S2/c1-18-10-5-3-2-4-8(10)15-12-14-7-6-9(16-12)11(13)17/h6-8,10H,2-5H2,1H3,(H2,13,17)(H,14,15,16). The van der Waals surface area contributed by atoms with Crippen molar-refractivity contribution in [2.24, 2.45) is 5.73 Å². The van der Waals surface area contributed by atoms with E-state index in [1.54, 1.807) is 12.3 Å². The summed E-state index contributed by atoms with van der Waals surface area (Å²) in [4.78, 5) is 8.89. The van der Waals surface area contributed by atoms with Crippen LogP contribution in [0.25, 0.3) is 0 Å². The number of anilines is 1. The lowest BCUT2D eigenvalue weighted by Gasteiger charge is -2.30. The summed E-state index contributed by atoms with van der Waals surface area (Å²) in [6.45, 7) is 0. The molecule has 2 unspecified atom stereocenters. The molecule has 4 nitrogen and oxygen atoms in total. The van der Waals surface area contributed by atoms with E-state index in [-0.39, 0.29) is 0 Å². The van der Waals surface area contributed by atoms with Gasteiger partial charge in [-0.3, -0.25) is 0 Å². The van der Waals surface area contributed by atoms with E-state index in [0.717, 1.165) is 0 Å². The second-order valence-electron chi connectivity index (χ2n) is 4.44. The number of hydrogen-bond donors (Lipinski definition) is 2. The molecule has 0 amide bonds. The molecule has 0 aromatic carbocycles. The summed E-state index contributed by atoms with van der Waals surface area (Å²) in [6, 6.07) is 2.18. The van der Waals surface area contributed by atoms with Gasteiger partial charge in [-0.25, -0.2) is 9.97 Å². The second kappa shape index (κ2) is 6.33. The Balaban J connectivity index is 2.07. The fourth-order valence-corrected chi connectivity index (χ4v) is 3.32. The molecule has 2 atom stereocenters. The van der Waals surface area contributed by atoms with Crippen LogP contribution in [0.15, 0.2) is 12.3 Å². The van der Waals surface area contributed by atoms with Gasteiger partial charge in [0.15, 0.2) is 0 Å². The van der Waals surface area contributed by atoms with Gasteiger partial charge in [-0.1, -0.05) is 25.1 Å². The smallest absolute Gasteiger partial charge is 0.223 e. The van der Waals surface area contributed by atoms with Gasteiger partial charge in [-0.2, -0.15) is 11.8 Å². The van der Waals surface area contributed by atoms with Gasteiger partial charge in [0.05, 0.1) is 0 Å². The first-order chi connectivity index (χ1) is 8.70. The van der Waals surface area contributed by atoms with Gasteiger partial charge in [0.1, 0.15) is 10.7 Å². The number of hydrogen-bond acceptors (Lipinski definition) is 5. The Morgan fingerprint density at radius 2 is 2.28 bits per heavy atom. The maximum absolute atomic E-state index is 5.58. The van der Waals surface area contributed by atoms with E-state index in [1.807, 2.05) is 11.8 Å². The van der Waals surface area contributed by atoms with Crippen LogP contribution in [-0.4, -0.2) is 32.5 Å². The summed E-state index contributed by atoms with van der Waals surface area (Å²) in [6.07, 6.45) is 8.87. The van der Waals surface area contributed by atoms with Crippen molar-refractivity contribution in [1.29, 1.82) is 0 Å². The van der Waals surface area contributed by atoms with Crippen LogP contribution in [-0.2, 0) is 0 Å². The van der Waals surface area contributed by atoms with Crippen LogP contribution < -0.4 is 11.1 Å². The van der Waals surface area contributed by atoms with Crippen LogP contribution in [0.4, 0.5) is 5.95 Å². The normalized spacial score (nSPS) is 23.6. The molecular weight excluding hydrogens is 264 g/mol. The Labute approximate surface area is 117 Å². The maximum atomic E-state index is 5.58. The Morgan fingerprint density at radius 3 is 3.00 bits per heavy atom. The highest BCUT2D eigenvalue weighted by Crippen LogP contribution is 2.28. The highest BCUT2D eigenvalue weighted by Gasteiger charge is 2.24. The van der Waals surface area contributed by atoms with E-state index in [1.165, 1.54) is 25.7 Å². The lowest BCUT2D eigenvalue weighted by molar-refractivity contribution is 0.473. The van der Waals surface area contributed by atoms with Crippen molar-refractivity contribution in [2.75, 3.05) is 11.6 Å². The highest BCUT2D eigenvalue weighted by atomic mass is 32.2. The Bertz CT molecular complexity index is 424. The quantitative estimate of drug-likeness (QED) is 0.826. The average Bonchev–Trinajstić information content (AvgIpc) is 2.39.